The molecule has 0 aliphatic carbocycles. The first kappa shape index (κ1) is 15.4. The van der Waals surface area contributed by atoms with Crippen LogP contribution in [0.25, 0.3) is 0 Å². The molecule has 6 nitrogen and oxygen atoms in total. The molecule has 0 bridgehead atoms. The third-order valence-corrected chi connectivity index (χ3v) is 2.34. The van der Waals surface area contributed by atoms with Gasteiger partial charge in [-0.05, 0) is 19.1 Å². The van der Waals surface area contributed by atoms with E-state index in [1.807, 2.05) is 0 Å². The van der Waals surface area contributed by atoms with Crippen molar-refractivity contribution in [2.24, 2.45) is 0 Å². The Morgan fingerprint density at radius 2 is 1.90 bits per heavy atom. The average Bonchev–Trinajstić information content (AvgIpc) is 2.45. The van der Waals surface area contributed by atoms with Gasteiger partial charge in [-0.2, -0.15) is 0 Å². The minimum atomic E-state index is -0.628. The first-order chi connectivity index (χ1) is 9.58. The molecule has 0 atom stereocenters. The summed E-state index contributed by atoms with van der Waals surface area (Å²) in [5.74, 6) is -1.43. The number of hydrogen-bond donors (Lipinski definition) is 2. The summed E-state index contributed by atoms with van der Waals surface area (Å²) in [6, 6.07) is 6.60. The zero-order valence-corrected chi connectivity index (χ0v) is 11.3. The Hall–Kier alpha value is -2.63. The molecular weight excluding hydrogens is 260 g/mol. The second-order valence-corrected chi connectivity index (χ2v) is 3.75. The lowest BCUT2D eigenvalue weighted by Gasteiger charge is -2.09. The van der Waals surface area contributed by atoms with Gasteiger partial charge in [0.2, 0.25) is 5.91 Å². The number of amides is 2. The predicted octanol–water partition coefficient (Wildman–Crippen LogP) is 1.10. The number of carbonyl (C=O) groups is 3. The molecule has 0 heterocycles. The van der Waals surface area contributed by atoms with E-state index in [2.05, 4.69) is 15.4 Å². The van der Waals surface area contributed by atoms with Gasteiger partial charge in [-0.3, -0.25) is 9.59 Å². The van der Waals surface area contributed by atoms with Gasteiger partial charge in [-0.15, -0.1) is 0 Å². The van der Waals surface area contributed by atoms with Crippen molar-refractivity contribution in [1.29, 1.82) is 0 Å². The molecule has 1 aromatic carbocycles. The van der Waals surface area contributed by atoms with Crippen LogP contribution in [-0.2, 0) is 14.3 Å². The SMILES string of the molecule is CCNC(=O)c1ccccc1NC(=O)/C=C/C(=O)OC. The molecular formula is C14H16N2O4. The Balaban J connectivity index is 2.82. The number of nitrogens with one attached hydrogen (secondary N) is 2. The fourth-order valence-electron chi connectivity index (χ4n) is 1.43. The molecule has 2 N–H and O–H groups in total. The van der Waals surface area contributed by atoms with Gasteiger partial charge in [0, 0.05) is 18.7 Å². The summed E-state index contributed by atoms with van der Waals surface area (Å²) in [4.78, 5) is 34.3. The normalized spacial score (nSPS) is 10.1. The van der Waals surface area contributed by atoms with Crippen molar-refractivity contribution in [2.75, 3.05) is 19.0 Å². The smallest absolute Gasteiger partial charge is 0.330 e. The Morgan fingerprint density at radius 3 is 2.55 bits per heavy atom. The average molecular weight is 276 g/mol. The molecule has 6 heteroatoms. The lowest BCUT2D eigenvalue weighted by atomic mass is 10.1. The minimum absolute atomic E-state index is 0.277. The molecule has 0 aliphatic rings. The molecule has 0 fully saturated rings. The van der Waals surface area contributed by atoms with Gasteiger partial charge in [0.25, 0.3) is 5.91 Å². The standard InChI is InChI=1S/C14H16N2O4/c1-3-15-14(19)10-6-4-5-7-11(10)16-12(17)8-9-13(18)20-2/h4-9H,3H2,1-2H3,(H,15,19)(H,16,17)/b9-8+. The van der Waals surface area contributed by atoms with Gasteiger partial charge < -0.3 is 15.4 Å². The van der Waals surface area contributed by atoms with E-state index in [1.54, 1.807) is 31.2 Å². The highest BCUT2D eigenvalue weighted by Gasteiger charge is 2.11. The fourth-order valence-corrected chi connectivity index (χ4v) is 1.43. The minimum Gasteiger partial charge on any atom is -0.466 e. The van der Waals surface area contributed by atoms with E-state index >= 15 is 0 Å². The van der Waals surface area contributed by atoms with Crippen LogP contribution in [-0.4, -0.2) is 31.4 Å². The van der Waals surface area contributed by atoms with Crippen molar-refractivity contribution in [1.82, 2.24) is 5.32 Å². The Kier molecular flexibility index (Phi) is 5.96. The molecule has 2 amide bonds. The van der Waals surface area contributed by atoms with E-state index in [1.165, 1.54) is 7.11 Å². The highest BCUT2D eigenvalue weighted by molar-refractivity contribution is 6.07. The van der Waals surface area contributed by atoms with Crippen molar-refractivity contribution < 1.29 is 19.1 Å². The van der Waals surface area contributed by atoms with Gasteiger partial charge in [-0.1, -0.05) is 12.1 Å². The van der Waals surface area contributed by atoms with E-state index < -0.39 is 11.9 Å². The molecule has 1 aromatic rings. The topological polar surface area (TPSA) is 84.5 Å². The number of methoxy groups -OCH3 is 1. The number of hydrogen-bond acceptors (Lipinski definition) is 4. The third kappa shape index (κ3) is 4.56. The van der Waals surface area contributed by atoms with Crippen molar-refractivity contribution in [3.05, 3.63) is 42.0 Å². The van der Waals surface area contributed by atoms with Crippen LogP contribution in [0.15, 0.2) is 36.4 Å². The van der Waals surface area contributed by atoms with E-state index in [9.17, 15) is 14.4 Å². The second-order valence-electron chi connectivity index (χ2n) is 3.75. The number of esters is 1. The second kappa shape index (κ2) is 7.73. The molecule has 106 valence electrons. The maximum Gasteiger partial charge on any atom is 0.330 e. The van der Waals surface area contributed by atoms with E-state index in [4.69, 9.17) is 0 Å². The monoisotopic (exact) mass is 276 g/mol. The first-order valence-electron chi connectivity index (χ1n) is 6.02. The van der Waals surface area contributed by atoms with Gasteiger partial charge in [0.1, 0.15) is 0 Å². The van der Waals surface area contributed by atoms with Gasteiger partial charge in [-0.25, -0.2) is 4.79 Å². The lowest BCUT2D eigenvalue weighted by Crippen LogP contribution is -2.24. The Bertz CT molecular complexity index is 538. The largest absolute Gasteiger partial charge is 0.466 e. The molecule has 0 spiro atoms. The van der Waals surface area contributed by atoms with E-state index in [-0.39, 0.29) is 5.91 Å². The van der Waals surface area contributed by atoms with Crippen molar-refractivity contribution in [3.8, 4) is 0 Å². The van der Waals surface area contributed by atoms with Crippen molar-refractivity contribution in [2.45, 2.75) is 6.92 Å². The molecule has 0 radical (unpaired) electrons. The van der Waals surface area contributed by atoms with Crippen LogP contribution in [0, 0.1) is 0 Å². The van der Waals surface area contributed by atoms with Crippen LogP contribution in [0.3, 0.4) is 0 Å². The maximum atomic E-state index is 11.8. The van der Waals surface area contributed by atoms with Crippen LogP contribution in [0.2, 0.25) is 0 Å². The van der Waals surface area contributed by atoms with Crippen LogP contribution in [0.4, 0.5) is 5.69 Å². The Morgan fingerprint density at radius 1 is 1.20 bits per heavy atom. The summed E-state index contributed by atoms with van der Waals surface area (Å²) in [5.41, 5.74) is 0.729. The molecule has 0 aromatic heterocycles. The van der Waals surface area contributed by atoms with Gasteiger partial charge >= 0.3 is 5.97 Å². The first-order valence-corrected chi connectivity index (χ1v) is 6.02. The summed E-state index contributed by atoms with van der Waals surface area (Å²) in [5, 5.41) is 5.19. The highest BCUT2D eigenvalue weighted by Crippen LogP contribution is 2.14. The quantitative estimate of drug-likeness (QED) is 0.623. The summed E-state index contributed by atoms with van der Waals surface area (Å²) in [6.45, 7) is 2.29. The van der Waals surface area contributed by atoms with Gasteiger partial charge in [0.05, 0.1) is 18.4 Å². The number of anilines is 1. The summed E-state index contributed by atoms with van der Waals surface area (Å²) >= 11 is 0. The molecule has 20 heavy (non-hydrogen) atoms. The van der Waals surface area contributed by atoms with Crippen LogP contribution in [0.1, 0.15) is 17.3 Å². The zero-order chi connectivity index (χ0) is 15.0. The van der Waals surface area contributed by atoms with Crippen LogP contribution < -0.4 is 10.6 Å². The molecule has 0 aliphatic heterocycles. The van der Waals surface area contributed by atoms with Crippen LogP contribution in [0.5, 0.6) is 0 Å². The summed E-state index contributed by atoms with van der Waals surface area (Å²) < 4.78 is 4.37. The lowest BCUT2D eigenvalue weighted by molar-refractivity contribution is -0.135. The summed E-state index contributed by atoms with van der Waals surface area (Å²) in [6.07, 6.45) is 2.05. The van der Waals surface area contributed by atoms with Crippen LogP contribution >= 0.6 is 0 Å². The van der Waals surface area contributed by atoms with Crippen molar-refractivity contribution in [3.63, 3.8) is 0 Å². The summed E-state index contributed by atoms with van der Waals surface area (Å²) in [7, 11) is 1.22. The van der Waals surface area contributed by atoms with E-state index in [0.717, 1.165) is 12.2 Å². The predicted molar refractivity (Wildman–Crippen MR) is 74.2 cm³/mol. The Labute approximate surface area is 116 Å². The number of benzene rings is 1. The van der Waals surface area contributed by atoms with Gasteiger partial charge in [0.15, 0.2) is 0 Å². The number of para-hydroxylation sites is 1. The number of rotatable bonds is 5. The van der Waals surface area contributed by atoms with Crippen molar-refractivity contribution >= 4 is 23.5 Å². The number of carbonyl (C=O) groups excluding carboxylic acids is 3. The maximum absolute atomic E-state index is 11.8. The number of ether oxygens (including phenoxy) is 1. The van der Waals surface area contributed by atoms with E-state index in [0.29, 0.717) is 17.8 Å². The molecule has 0 saturated carbocycles. The fraction of sp³-hybridized carbons (Fsp3) is 0.214. The zero-order valence-electron chi connectivity index (χ0n) is 11.3. The molecule has 0 saturated heterocycles. The molecule has 0 unspecified atom stereocenters. The highest BCUT2D eigenvalue weighted by atomic mass is 16.5. The third-order valence-electron chi connectivity index (χ3n) is 2.34. The molecule has 1 rings (SSSR count).